The fourth-order valence-corrected chi connectivity index (χ4v) is 2.94. The highest BCUT2D eigenvalue weighted by Crippen LogP contribution is 2.18. The number of nitrogens with zero attached hydrogens (tertiary/aromatic N) is 3. The number of imidazole rings is 1. The quantitative estimate of drug-likeness (QED) is 0.801. The second kappa shape index (κ2) is 6.31. The molecule has 6 nitrogen and oxygen atoms in total. The van der Waals surface area contributed by atoms with Crippen molar-refractivity contribution in [3.63, 3.8) is 0 Å². The number of carbonyl (C=O) groups is 1. The molecule has 0 spiro atoms. The molecule has 0 radical (unpaired) electrons. The topological polar surface area (TPSA) is 68.9 Å². The first-order valence-corrected chi connectivity index (χ1v) is 7.93. The Balaban J connectivity index is 1.94. The van der Waals surface area contributed by atoms with Gasteiger partial charge in [-0.2, -0.15) is 0 Å². The summed E-state index contributed by atoms with van der Waals surface area (Å²) < 4.78 is 3.18. The van der Waals surface area contributed by atoms with Crippen LogP contribution >= 0.6 is 0 Å². The van der Waals surface area contributed by atoms with E-state index >= 15 is 0 Å². The van der Waals surface area contributed by atoms with Gasteiger partial charge in [0, 0.05) is 12.7 Å². The van der Waals surface area contributed by atoms with Crippen LogP contribution in [0.2, 0.25) is 0 Å². The molecule has 3 aromatic rings. The van der Waals surface area contributed by atoms with Crippen molar-refractivity contribution in [2.75, 3.05) is 5.32 Å². The number of aryl methyl sites for hydroxylation is 3. The molecule has 6 heteroatoms. The third-order valence-corrected chi connectivity index (χ3v) is 4.16. The number of anilines is 1. The number of pyridine rings is 1. The number of amides is 1. The van der Waals surface area contributed by atoms with Crippen molar-refractivity contribution >= 4 is 22.6 Å². The van der Waals surface area contributed by atoms with Gasteiger partial charge in [-0.15, -0.1) is 0 Å². The Morgan fingerprint density at radius 1 is 1.12 bits per heavy atom. The van der Waals surface area contributed by atoms with Gasteiger partial charge in [0.1, 0.15) is 6.54 Å². The Bertz CT molecular complexity index is 949. The van der Waals surface area contributed by atoms with E-state index in [4.69, 9.17) is 0 Å². The molecule has 0 atom stereocenters. The summed E-state index contributed by atoms with van der Waals surface area (Å²) in [4.78, 5) is 29.2. The van der Waals surface area contributed by atoms with Gasteiger partial charge in [-0.1, -0.05) is 12.1 Å². The predicted molar refractivity (Wildman–Crippen MR) is 94.2 cm³/mol. The summed E-state index contributed by atoms with van der Waals surface area (Å²) in [5.41, 5.74) is 3.83. The fourth-order valence-electron chi connectivity index (χ4n) is 2.94. The Hall–Kier alpha value is -2.89. The molecule has 0 fully saturated rings. The molecule has 0 saturated heterocycles. The van der Waals surface area contributed by atoms with Gasteiger partial charge in [-0.05, 0) is 44.5 Å². The second-order valence-electron chi connectivity index (χ2n) is 5.74. The van der Waals surface area contributed by atoms with Gasteiger partial charge in [0.2, 0.25) is 5.91 Å². The summed E-state index contributed by atoms with van der Waals surface area (Å²) >= 11 is 0. The zero-order valence-corrected chi connectivity index (χ0v) is 14.0. The molecule has 0 aliphatic carbocycles. The zero-order chi connectivity index (χ0) is 17.3. The number of rotatable bonds is 4. The van der Waals surface area contributed by atoms with E-state index in [2.05, 4.69) is 10.3 Å². The van der Waals surface area contributed by atoms with Gasteiger partial charge in [-0.3, -0.25) is 18.9 Å². The van der Waals surface area contributed by atoms with Crippen LogP contribution in [0.1, 0.15) is 18.2 Å². The van der Waals surface area contributed by atoms with E-state index in [1.807, 2.05) is 51.1 Å². The molecule has 1 amide bonds. The van der Waals surface area contributed by atoms with Gasteiger partial charge < -0.3 is 5.32 Å². The van der Waals surface area contributed by atoms with Gasteiger partial charge in [-0.25, -0.2) is 4.79 Å². The Labute approximate surface area is 139 Å². The lowest BCUT2D eigenvalue weighted by Gasteiger charge is -2.11. The SMILES string of the molecule is CCn1c(=O)n(CC(=O)Nc2c(C)ccnc2C)c2ccccc21. The maximum atomic E-state index is 12.6. The Morgan fingerprint density at radius 2 is 1.79 bits per heavy atom. The van der Waals surface area contributed by atoms with Crippen LogP contribution in [0.4, 0.5) is 5.69 Å². The fraction of sp³-hybridized carbons (Fsp3) is 0.278. The molecule has 1 aromatic carbocycles. The molecule has 2 aromatic heterocycles. The molecular formula is C18H20N4O2. The van der Waals surface area contributed by atoms with E-state index in [1.165, 1.54) is 4.57 Å². The number of aromatic nitrogens is 3. The molecule has 0 saturated carbocycles. The van der Waals surface area contributed by atoms with Crippen LogP contribution in [0.5, 0.6) is 0 Å². The molecule has 0 unspecified atom stereocenters. The van der Waals surface area contributed by atoms with E-state index in [0.29, 0.717) is 12.2 Å². The summed E-state index contributed by atoms with van der Waals surface area (Å²) in [7, 11) is 0. The third-order valence-electron chi connectivity index (χ3n) is 4.16. The smallest absolute Gasteiger partial charge is 0.323 e. The van der Waals surface area contributed by atoms with Crippen LogP contribution < -0.4 is 11.0 Å². The minimum absolute atomic E-state index is 0.0277. The number of fused-ring (bicyclic) bond motifs is 1. The number of hydrogen-bond donors (Lipinski definition) is 1. The molecule has 0 aliphatic rings. The van der Waals surface area contributed by atoms with Crippen molar-refractivity contribution in [3.8, 4) is 0 Å². The van der Waals surface area contributed by atoms with Crippen LogP contribution in [-0.4, -0.2) is 20.0 Å². The Morgan fingerprint density at radius 3 is 2.42 bits per heavy atom. The first kappa shape index (κ1) is 16.0. The van der Waals surface area contributed by atoms with Gasteiger partial charge in [0.15, 0.2) is 0 Å². The molecule has 2 heterocycles. The molecule has 0 bridgehead atoms. The molecule has 124 valence electrons. The predicted octanol–water partition coefficient (Wildman–Crippen LogP) is 2.47. The number of benzene rings is 1. The number of carbonyl (C=O) groups excluding carboxylic acids is 1. The molecule has 0 aliphatic heterocycles. The molecule has 24 heavy (non-hydrogen) atoms. The van der Waals surface area contributed by atoms with Crippen molar-refractivity contribution < 1.29 is 4.79 Å². The number of para-hydroxylation sites is 2. The average molecular weight is 324 g/mol. The normalized spacial score (nSPS) is 11.0. The molecule has 3 rings (SSSR count). The highest BCUT2D eigenvalue weighted by molar-refractivity contribution is 5.92. The van der Waals surface area contributed by atoms with Crippen molar-refractivity contribution in [2.45, 2.75) is 33.9 Å². The maximum Gasteiger partial charge on any atom is 0.329 e. The van der Waals surface area contributed by atoms with E-state index < -0.39 is 0 Å². The van der Waals surface area contributed by atoms with Crippen LogP contribution in [0.3, 0.4) is 0 Å². The van der Waals surface area contributed by atoms with Crippen molar-refractivity contribution in [1.82, 2.24) is 14.1 Å². The van der Waals surface area contributed by atoms with E-state index in [1.54, 1.807) is 10.8 Å². The van der Waals surface area contributed by atoms with Gasteiger partial charge in [0.25, 0.3) is 0 Å². The number of hydrogen-bond acceptors (Lipinski definition) is 3. The lowest BCUT2D eigenvalue weighted by atomic mass is 10.2. The minimum Gasteiger partial charge on any atom is -0.323 e. The zero-order valence-electron chi connectivity index (χ0n) is 14.0. The van der Waals surface area contributed by atoms with Gasteiger partial charge >= 0.3 is 5.69 Å². The van der Waals surface area contributed by atoms with Crippen molar-refractivity contribution in [3.05, 3.63) is 58.3 Å². The standard InChI is InChI=1S/C18H20N4O2/c1-4-21-14-7-5-6-8-15(14)22(18(21)24)11-16(23)20-17-12(2)9-10-19-13(17)3/h5-10H,4,11H2,1-3H3,(H,20,23). The van der Waals surface area contributed by atoms with Crippen LogP contribution in [0.15, 0.2) is 41.3 Å². The average Bonchev–Trinajstić information content (AvgIpc) is 2.83. The largest absolute Gasteiger partial charge is 0.329 e. The van der Waals surface area contributed by atoms with Crippen LogP contribution in [-0.2, 0) is 17.9 Å². The summed E-state index contributed by atoms with van der Waals surface area (Å²) in [5.74, 6) is -0.240. The van der Waals surface area contributed by atoms with Crippen LogP contribution in [0, 0.1) is 13.8 Å². The van der Waals surface area contributed by atoms with E-state index in [-0.39, 0.29) is 18.1 Å². The summed E-state index contributed by atoms with van der Waals surface area (Å²) in [6.07, 6.45) is 1.71. The van der Waals surface area contributed by atoms with Crippen molar-refractivity contribution in [1.29, 1.82) is 0 Å². The lowest BCUT2D eigenvalue weighted by Crippen LogP contribution is -2.29. The van der Waals surface area contributed by atoms with Crippen LogP contribution in [0.25, 0.3) is 11.0 Å². The molecular weight excluding hydrogens is 304 g/mol. The first-order valence-electron chi connectivity index (χ1n) is 7.93. The first-order chi connectivity index (χ1) is 11.5. The van der Waals surface area contributed by atoms with Gasteiger partial charge in [0.05, 0.1) is 22.4 Å². The third kappa shape index (κ3) is 2.71. The second-order valence-corrected chi connectivity index (χ2v) is 5.74. The number of nitrogens with one attached hydrogen (secondary N) is 1. The summed E-state index contributed by atoms with van der Waals surface area (Å²) in [6, 6.07) is 9.35. The Kier molecular flexibility index (Phi) is 4.20. The minimum atomic E-state index is -0.240. The maximum absolute atomic E-state index is 12.6. The van der Waals surface area contributed by atoms with E-state index in [9.17, 15) is 9.59 Å². The highest BCUT2D eigenvalue weighted by atomic mass is 16.2. The molecule has 1 N–H and O–H groups in total. The lowest BCUT2D eigenvalue weighted by molar-refractivity contribution is -0.116. The van der Waals surface area contributed by atoms with E-state index in [0.717, 1.165) is 22.3 Å². The monoisotopic (exact) mass is 324 g/mol. The summed E-state index contributed by atoms with van der Waals surface area (Å²) in [5, 5.41) is 2.88. The highest BCUT2D eigenvalue weighted by Gasteiger charge is 2.15. The summed E-state index contributed by atoms with van der Waals surface area (Å²) in [6.45, 7) is 6.21. The van der Waals surface area contributed by atoms with Crippen molar-refractivity contribution in [2.24, 2.45) is 0 Å².